The lowest BCUT2D eigenvalue weighted by Gasteiger charge is -2.16. The lowest BCUT2D eigenvalue weighted by molar-refractivity contribution is 0.0460. The second-order valence-corrected chi connectivity index (χ2v) is 5.73. The van der Waals surface area contributed by atoms with Gasteiger partial charge in [0.2, 0.25) is 0 Å². The van der Waals surface area contributed by atoms with E-state index in [-0.39, 0.29) is 0 Å². The molecule has 3 nitrogen and oxygen atoms in total. The normalized spacial score (nSPS) is 22.7. The van der Waals surface area contributed by atoms with E-state index in [1.165, 1.54) is 29.4 Å². The Morgan fingerprint density at radius 1 is 1.30 bits per heavy atom. The first-order valence-corrected chi connectivity index (χ1v) is 7.71. The molecule has 20 heavy (non-hydrogen) atoms. The fourth-order valence-corrected chi connectivity index (χ4v) is 3.11. The highest BCUT2D eigenvalue weighted by molar-refractivity contribution is 5.81. The van der Waals surface area contributed by atoms with Gasteiger partial charge in [0.05, 0.1) is 12.2 Å². The highest BCUT2D eigenvalue weighted by Gasteiger charge is 2.23. The molecule has 2 aromatic rings. The Balaban J connectivity index is 1.89. The second-order valence-electron chi connectivity index (χ2n) is 5.73. The fraction of sp³-hybridized carbons (Fsp3) is 0.529. The van der Waals surface area contributed by atoms with Crippen molar-refractivity contribution in [1.82, 2.24) is 9.88 Å². The van der Waals surface area contributed by atoms with Gasteiger partial charge in [-0.3, -0.25) is 0 Å². The monoisotopic (exact) mass is 272 g/mol. The van der Waals surface area contributed by atoms with Gasteiger partial charge in [-0.2, -0.15) is 0 Å². The van der Waals surface area contributed by atoms with Gasteiger partial charge in [-0.05, 0) is 43.8 Å². The molecule has 0 amide bonds. The van der Waals surface area contributed by atoms with Crippen LogP contribution in [0.15, 0.2) is 30.3 Å². The summed E-state index contributed by atoms with van der Waals surface area (Å²) in [5.41, 5.74) is 2.68. The molecular formula is C17H24N2O. The third-order valence-corrected chi connectivity index (χ3v) is 4.16. The predicted molar refractivity (Wildman–Crippen MR) is 82.9 cm³/mol. The van der Waals surface area contributed by atoms with Crippen molar-refractivity contribution in [2.24, 2.45) is 0 Å². The molecule has 1 aromatic carbocycles. The van der Waals surface area contributed by atoms with Gasteiger partial charge in [-0.15, -0.1) is 0 Å². The van der Waals surface area contributed by atoms with Crippen LogP contribution in [0.3, 0.4) is 0 Å². The van der Waals surface area contributed by atoms with Crippen molar-refractivity contribution in [3.8, 4) is 0 Å². The largest absolute Gasteiger partial charge is 0.373 e. The number of hydrogen-bond donors (Lipinski definition) is 1. The second kappa shape index (κ2) is 5.98. The van der Waals surface area contributed by atoms with E-state index in [1.807, 2.05) is 0 Å². The van der Waals surface area contributed by atoms with Gasteiger partial charge in [0, 0.05) is 24.3 Å². The van der Waals surface area contributed by atoms with Crippen LogP contribution in [-0.4, -0.2) is 23.3 Å². The Labute approximate surface area is 120 Å². The SMILES string of the molecule is CCNCc1cc2ccccc2n1CC1CCC(C)O1. The van der Waals surface area contributed by atoms with Crippen LogP contribution in [0, 0.1) is 0 Å². The highest BCUT2D eigenvalue weighted by Crippen LogP contribution is 2.25. The van der Waals surface area contributed by atoms with E-state index in [0.717, 1.165) is 19.6 Å². The molecule has 2 heterocycles. The standard InChI is InChI=1S/C17H24N2O/c1-3-18-11-15-10-14-6-4-5-7-17(14)19(15)12-16-9-8-13(2)20-16/h4-7,10,13,16,18H,3,8-9,11-12H2,1-2H3. The minimum absolute atomic E-state index is 0.362. The predicted octanol–water partition coefficient (Wildman–Crippen LogP) is 3.32. The zero-order valence-electron chi connectivity index (χ0n) is 12.4. The van der Waals surface area contributed by atoms with E-state index in [2.05, 4.69) is 54.1 Å². The summed E-state index contributed by atoms with van der Waals surface area (Å²) in [4.78, 5) is 0. The minimum atomic E-state index is 0.362. The zero-order chi connectivity index (χ0) is 13.9. The summed E-state index contributed by atoms with van der Waals surface area (Å²) in [7, 11) is 0. The quantitative estimate of drug-likeness (QED) is 0.903. The number of benzene rings is 1. The van der Waals surface area contributed by atoms with E-state index in [1.54, 1.807) is 0 Å². The molecule has 108 valence electrons. The van der Waals surface area contributed by atoms with Crippen LogP contribution in [0.25, 0.3) is 10.9 Å². The van der Waals surface area contributed by atoms with Crippen LogP contribution in [0.5, 0.6) is 0 Å². The molecule has 0 radical (unpaired) electrons. The Kier molecular flexibility index (Phi) is 4.08. The molecule has 2 atom stereocenters. The van der Waals surface area contributed by atoms with Gasteiger partial charge in [-0.1, -0.05) is 25.1 Å². The Morgan fingerprint density at radius 2 is 2.15 bits per heavy atom. The molecule has 1 aromatic heterocycles. The van der Waals surface area contributed by atoms with Crippen LogP contribution in [-0.2, 0) is 17.8 Å². The summed E-state index contributed by atoms with van der Waals surface area (Å²) < 4.78 is 8.43. The van der Waals surface area contributed by atoms with Crippen molar-refractivity contribution in [3.63, 3.8) is 0 Å². The number of nitrogens with zero attached hydrogens (tertiary/aromatic N) is 1. The molecule has 3 rings (SSSR count). The van der Waals surface area contributed by atoms with Crippen LogP contribution < -0.4 is 5.32 Å². The van der Waals surface area contributed by atoms with E-state index < -0.39 is 0 Å². The van der Waals surface area contributed by atoms with Gasteiger partial charge >= 0.3 is 0 Å². The lowest BCUT2D eigenvalue weighted by atomic mass is 10.2. The Morgan fingerprint density at radius 3 is 2.90 bits per heavy atom. The van der Waals surface area contributed by atoms with Gasteiger partial charge < -0.3 is 14.6 Å². The van der Waals surface area contributed by atoms with Crippen LogP contribution in [0.2, 0.25) is 0 Å². The number of fused-ring (bicyclic) bond motifs is 1. The maximum absolute atomic E-state index is 6.00. The molecule has 0 bridgehead atoms. The highest BCUT2D eigenvalue weighted by atomic mass is 16.5. The number of nitrogens with one attached hydrogen (secondary N) is 1. The first kappa shape index (κ1) is 13.7. The van der Waals surface area contributed by atoms with Crippen molar-refractivity contribution >= 4 is 10.9 Å². The molecule has 1 aliphatic heterocycles. The molecule has 0 aliphatic carbocycles. The number of hydrogen-bond acceptors (Lipinski definition) is 2. The maximum atomic E-state index is 6.00. The first-order chi connectivity index (χ1) is 9.78. The average molecular weight is 272 g/mol. The summed E-state index contributed by atoms with van der Waals surface area (Å²) >= 11 is 0. The van der Waals surface area contributed by atoms with Gasteiger partial charge in [0.25, 0.3) is 0 Å². The Bertz CT molecular complexity index is 575. The topological polar surface area (TPSA) is 26.2 Å². The zero-order valence-corrected chi connectivity index (χ0v) is 12.4. The van der Waals surface area contributed by atoms with E-state index in [0.29, 0.717) is 12.2 Å². The summed E-state index contributed by atoms with van der Waals surface area (Å²) in [5.74, 6) is 0. The lowest BCUT2D eigenvalue weighted by Crippen LogP contribution is -2.21. The number of aromatic nitrogens is 1. The summed E-state index contributed by atoms with van der Waals surface area (Å²) in [6.07, 6.45) is 3.14. The van der Waals surface area contributed by atoms with E-state index in [9.17, 15) is 0 Å². The molecule has 1 N–H and O–H groups in total. The average Bonchev–Trinajstić information content (AvgIpc) is 3.02. The molecule has 2 unspecified atom stereocenters. The smallest absolute Gasteiger partial charge is 0.0758 e. The number of rotatable bonds is 5. The minimum Gasteiger partial charge on any atom is -0.373 e. The number of ether oxygens (including phenoxy) is 1. The maximum Gasteiger partial charge on any atom is 0.0758 e. The van der Waals surface area contributed by atoms with E-state index >= 15 is 0 Å². The molecule has 0 saturated carbocycles. The molecule has 1 saturated heterocycles. The van der Waals surface area contributed by atoms with Crippen molar-refractivity contribution in [1.29, 1.82) is 0 Å². The van der Waals surface area contributed by atoms with E-state index in [4.69, 9.17) is 4.74 Å². The van der Waals surface area contributed by atoms with Gasteiger partial charge in [0.1, 0.15) is 0 Å². The third kappa shape index (κ3) is 2.74. The summed E-state index contributed by atoms with van der Waals surface area (Å²) in [5, 5.41) is 4.76. The van der Waals surface area contributed by atoms with Crippen molar-refractivity contribution in [3.05, 3.63) is 36.0 Å². The molecule has 3 heteroatoms. The van der Waals surface area contributed by atoms with Crippen molar-refractivity contribution in [2.75, 3.05) is 6.54 Å². The van der Waals surface area contributed by atoms with Crippen LogP contribution >= 0.6 is 0 Å². The molecule has 1 fully saturated rings. The van der Waals surface area contributed by atoms with Crippen molar-refractivity contribution in [2.45, 2.75) is 52.0 Å². The van der Waals surface area contributed by atoms with Gasteiger partial charge in [-0.25, -0.2) is 0 Å². The van der Waals surface area contributed by atoms with Gasteiger partial charge in [0.15, 0.2) is 0 Å². The summed E-state index contributed by atoms with van der Waals surface area (Å²) in [6, 6.07) is 10.9. The van der Waals surface area contributed by atoms with Crippen molar-refractivity contribution < 1.29 is 4.74 Å². The number of para-hydroxylation sites is 1. The third-order valence-electron chi connectivity index (χ3n) is 4.16. The fourth-order valence-electron chi connectivity index (χ4n) is 3.11. The van der Waals surface area contributed by atoms with Crippen LogP contribution in [0.1, 0.15) is 32.4 Å². The van der Waals surface area contributed by atoms with Crippen LogP contribution in [0.4, 0.5) is 0 Å². The Hall–Kier alpha value is -1.32. The molecule has 0 spiro atoms. The molecule has 1 aliphatic rings. The first-order valence-electron chi connectivity index (χ1n) is 7.71. The summed E-state index contributed by atoms with van der Waals surface area (Å²) in [6.45, 7) is 7.21. The molecular weight excluding hydrogens is 248 g/mol.